The van der Waals surface area contributed by atoms with Crippen LogP contribution in [-0.2, 0) is 14.4 Å². The second kappa shape index (κ2) is 13.1. The van der Waals surface area contributed by atoms with Crippen LogP contribution >= 0.6 is 0 Å². The number of amides is 1. The van der Waals surface area contributed by atoms with E-state index in [2.05, 4.69) is 12.2 Å². The summed E-state index contributed by atoms with van der Waals surface area (Å²) in [4.78, 5) is 32.9. The van der Waals surface area contributed by atoms with Gasteiger partial charge in [-0.15, -0.1) is 0 Å². The number of nitrogens with one attached hydrogen (secondary N) is 1. The molecule has 0 aliphatic carbocycles. The molecule has 1 unspecified atom stereocenters. The minimum absolute atomic E-state index is 0.249. The van der Waals surface area contributed by atoms with Gasteiger partial charge in [0.15, 0.2) is 0 Å². The lowest BCUT2D eigenvalue weighted by Gasteiger charge is -2.12. The topological polar surface area (TPSA) is 104 Å². The molecule has 0 spiro atoms. The molecule has 0 aromatic carbocycles. The monoisotopic (exact) mass is 315 g/mol. The Balaban J connectivity index is 3.63. The number of hydrogen-bond donors (Lipinski definition) is 3. The van der Waals surface area contributed by atoms with E-state index in [1.165, 1.54) is 38.5 Å². The summed E-state index contributed by atoms with van der Waals surface area (Å²) < 4.78 is 0. The van der Waals surface area contributed by atoms with E-state index in [0.29, 0.717) is 6.42 Å². The van der Waals surface area contributed by atoms with Crippen molar-refractivity contribution >= 4 is 17.8 Å². The third-order valence-electron chi connectivity index (χ3n) is 3.52. The zero-order valence-corrected chi connectivity index (χ0v) is 13.5. The van der Waals surface area contributed by atoms with Crippen LogP contribution in [0.1, 0.15) is 77.6 Å². The molecule has 3 N–H and O–H groups in total. The lowest BCUT2D eigenvalue weighted by Crippen LogP contribution is -2.42. The fourth-order valence-electron chi connectivity index (χ4n) is 2.24. The fourth-order valence-corrected chi connectivity index (χ4v) is 2.24. The van der Waals surface area contributed by atoms with E-state index in [9.17, 15) is 14.4 Å². The zero-order valence-electron chi connectivity index (χ0n) is 13.5. The number of carbonyl (C=O) groups is 3. The Labute approximate surface area is 132 Å². The summed E-state index contributed by atoms with van der Waals surface area (Å²) in [5.41, 5.74) is 0. The molecular weight excluding hydrogens is 286 g/mol. The smallest absolute Gasteiger partial charge is 0.326 e. The minimum atomic E-state index is -1.34. The lowest BCUT2D eigenvalue weighted by atomic mass is 10.1. The molecule has 0 aromatic heterocycles. The second-order valence-corrected chi connectivity index (χ2v) is 5.63. The van der Waals surface area contributed by atoms with Crippen molar-refractivity contribution in [3.63, 3.8) is 0 Å². The fraction of sp³-hybridized carbons (Fsp3) is 0.812. The van der Waals surface area contributed by atoms with Gasteiger partial charge in [-0.1, -0.05) is 58.3 Å². The Morgan fingerprint density at radius 2 is 1.36 bits per heavy atom. The predicted octanol–water partition coefficient (Wildman–Crippen LogP) is 2.95. The molecule has 22 heavy (non-hydrogen) atoms. The van der Waals surface area contributed by atoms with E-state index in [1.54, 1.807) is 0 Å². The van der Waals surface area contributed by atoms with Crippen molar-refractivity contribution in [3.05, 3.63) is 0 Å². The number of rotatable bonds is 14. The predicted molar refractivity (Wildman–Crippen MR) is 83.7 cm³/mol. The lowest BCUT2D eigenvalue weighted by molar-refractivity contribution is -0.147. The van der Waals surface area contributed by atoms with Gasteiger partial charge in [0, 0.05) is 6.42 Å². The van der Waals surface area contributed by atoms with Crippen molar-refractivity contribution in [1.82, 2.24) is 5.32 Å². The van der Waals surface area contributed by atoms with Crippen molar-refractivity contribution < 1.29 is 24.6 Å². The van der Waals surface area contributed by atoms with Crippen LogP contribution in [-0.4, -0.2) is 34.1 Å². The van der Waals surface area contributed by atoms with Crippen molar-refractivity contribution in [2.24, 2.45) is 0 Å². The number of carboxylic acid groups (broad SMARTS) is 2. The highest BCUT2D eigenvalue weighted by Crippen LogP contribution is 2.10. The van der Waals surface area contributed by atoms with Crippen molar-refractivity contribution in [2.75, 3.05) is 0 Å². The highest BCUT2D eigenvalue weighted by molar-refractivity contribution is 5.86. The van der Waals surface area contributed by atoms with Crippen LogP contribution in [0.3, 0.4) is 0 Å². The van der Waals surface area contributed by atoms with Crippen LogP contribution in [0.4, 0.5) is 0 Å². The molecule has 0 rings (SSSR count). The summed E-state index contributed by atoms with van der Waals surface area (Å²) in [5.74, 6) is -2.95. The Morgan fingerprint density at radius 3 is 1.82 bits per heavy atom. The average molecular weight is 315 g/mol. The third-order valence-corrected chi connectivity index (χ3v) is 3.52. The van der Waals surface area contributed by atoms with E-state index >= 15 is 0 Å². The summed E-state index contributed by atoms with van der Waals surface area (Å²) in [7, 11) is 0. The maximum atomic E-state index is 11.6. The minimum Gasteiger partial charge on any atom is -0.481 e. The first-order chi connectivity index (χ1) is 10.5. The Hall–Kier alpha value is -1.59. The van der Waals surface area contributed by atoms with Gasteiger partial charge in [0.1, 0.15) is 6.04 Å². The van der Waals surface area contributed by atoms with Crippen molar-refractivity contribution in [1.29, 1.82) is 0 Å². The maximum absolute atomic E-state index is 11.6. The second-order valence-electron chi connectivity index (χ2n) is 5.63. The molecule has 1 amide bonds. The zero-order chi connectivity index (χ0) is 16.8. The van der Waals surface area contributed by atoms with E-state index in [0.717, 1.165) is 12.8 Å². The number of unbranched alkanes of at least 4 members (excludes halogenated alkanes) is 8. The molecular formula is C16H29NO5. The molecule has 0 fully saturated rings. The molecule has 0 aliphatic rings. The van der Waals surface area contributed by atoms with Gasteiger partial charge in [-0.05, 0) is 6.42 Å². The quantitative estimate of drug-likeness (QED) is 0.428. The normalized spacial score (nSPS) is 11.9. The Kier molecular flexibility index (Phi) is 12.2. The maximum Gasteiger partial charge on any atom is 0.326 e. The van der Waals surface area contributed by atoms with Gasteiger partial charge in [-0.3, -0.25) is 9.59 Å². The first-order valence-corrected chi connectivity index (χ1v) is 8.21. The van der Waals surface area contributed by atoms with Gasteiger partial charge < -0.3 is 15.5 Å². The number of carboxylic acids is 2. The average Bonchev–Trinajstić information content (AvgIpc) is 2.44. The number of carbonyl (C=O) groups excluding carboxylic acids is 1. The summed E-state index contributed by atoms with van der Waals surface area (Å²) in [5, 5.41) is 19.7. The van der Waals surface area contributed by atoms with Gasteiger partial charge in [0.25, 0.3) is 0 Å². The van der Waals surface area contributed by atoms with Crippen LogP contribution in [0.5, 0.6) is 0 Å². The largest absolute Gasteiger partial charge is 0.481 e. The molecule has 0 bridgehead atoms. The molecule has 6 heteroatoms. The van der Waals surface area contributed by atoms with E-state index in [-0.39, 0.29) is 6.42 Å². The van der Waals surface area contributed by atoms with Crippen LogP contribution < -0.4 is 5.32 Å². The first kappa shape index (κ1) is 20.4. The van der Waals surface area contributed by atoms with Crippen molar-refractivity contribution in [3.8, 4) is 0 Å². The van der Waals surface area contributed by atoms with Crippen LogP contribution in [0.15, 0.2) is 0 Å². The van der Waals surface area contributed by atoms with E-state index < -0.39 is 30.3 Å². The van der Waals surface area contributed by atoms with Crippen LogP contribution in [0.2, 0.25) is 0 Å². The van der Waals surface area contributed by atoms with Gasteiger partial charge in [0.2, 0.25) is 5.91 Å². The molecule has 0 aromatic rings. The number of aliphatic carboxylic acids is 2. The summed E-state index contributed by atoms with van der Waals surface area (Å²) in [6, 6.07) is -1.34. The van der Waals surface area contributed by atoms with Crippen molar-refractivity contribution in [2.45, 2.75) is 83.6 Å². The van der Waals surface area contributed by atoms with Gasteiger partial charge in [-0.25, -0.2) is 4.79 Å². The third kappa shape index (κ3) is 12.2. The summed E-state index contributed by atoms with van der Waals surface area (Å²) in [6.45, 7) is 2.19. The molecule has 0 saturated heterocycles. The Morgan fingerprint density at radius 1 is 0.864 bits per heavy atom. The molecule has 0 aliphatic heterocycles. The summed E-state index contributed by atoms with van der Waals surface area (Å²) >= 11 is 0. The van der Waals surface area contributed by atoms with Gasteiger partial charge >= 0.3 is 11.9 Å². The number of hydrogen-bond acceptors (Lipinski definition) is 3. The van der Waals surface area contributed by atoms with Gasteiger partial charge in [-0.2, -0.15) is 0 Å². The summed E-state index contributed by atoms with van der Waals surface area (Å²) in [6.07, 6.45) is 9.87. The molecule has 6 nitrogen and oxygen atoms in total. The first-order valence-electron chi connectivity index (χ1n) is 8.21. The molecule has 0 heterocycles. The highest BCUT2D eigenvalue weighted by Gasteiger charge is 2.22. The standard InChI is InChI=1S/C16H29NO5/c1-2-3-4-5-6-7-8-9-10-11-14(18)17-13(16(21)22)12-15(19)20/h13H,2-12H2,1H3,(H,17,18)(H,19,20)(H,21,22). The van der Waals surface area contributed by atoms with E-state index in [4.69, 9.17) is 10.2 Å². The molecule has 128 valence electrons. The molecule has 1 atom stereocenters. The molecule has 0 saturated carbocycles. The SMILES string of the molecule is CCCCCCCCCCCC(=O)NC(CC(=O)O)C(=O)O. The molecule has 0 radical (unpaired) electrons. The Bertz CT molecular complexity index is 343. The highest BCUT2D eigenvalue weighted by atomic mass is 16.4. The van der Waals surface area contributed by atoms with Gasteiger partial charge in [0.05, 0.1) is 6.42 Å². The van der Waals surface area contributed by atoms with Crippen LogP contribution in [0, 0.1) is 0 Å². The van der Waals surface area contributed by atoms with Crippen LogP contribution in [0.25, 0.3) is 0 Å². The van der Waals surface area contributed by atoms with E-state index in [1.807, 2.05) is 0 Å².